The predicted molar refractivity (Wildman–Crippen MR) is 102 cm³/mol. The van der Waals surface area contributed by atoms with Crippen LogP contribution in [0.1, 0.15) is 36.6 Å². The van der Waals surface area contributed by atoms with Gasteiger partial charge in [0.05, 0.1) is 18.0 Å². The van der Waals surface area contributed by atoms with E-state index < -0.39 is 5.95 Å². The number of nitrogens with zero attached hydrogens (tertiary/aromatic N) is 4. The number of hydrogen-bond donors (Lipinski definition) is 1. The van der Waals surface area contributed by atoms with Crippen LogP contribution in [0.5, 0.6) is 0 Å². The molecule has 2 heterocycles. The van der Waals surface area contributed by atoms with Gasteiger partial charge in [-0.3, -0.25) is 4.79 Å². The lowest BCUT2D eigenvalue weighted by atomic mass is 9.96. The van der Waals surface area contributed by atoms with E-state index in [4.69, 9.17) is 0 Å². The van der Waals surface area contributed by atoms with Gasteiger partial charge in [0.25, 0.3) is 5.91 Å². The van der Waals surface area contributed by atoms with Gasteiger partial charge in [-0.05, 0) is 44.2 Å². The van der Waals surface area contributed by atoms with Crippen LogP contribution in [-0.2, 0) is 30.7 Å². The molecule has 0 saturated heterocycles. The van der Waals surface area contributed by atoms with Crippen molar-refractivity contribution in [2.75, 3.05) is 0 Å². The minimum Gasteiger partial charge on any atom is -0.335 e. The van der Waals surface area contributed by atoms with Crippen molar-refractivity contribution in [1.82, 2.24) is 19.8 Å². The molecule has 140 valence electrons. The van der Waals surface area contributed by atoms with E-state index in [1.807, 2.05) is 12.1 Å². The van der Waals surface area contributed by atoms with E-state index in [1.54, 1.807) is 6.92 Å². The van der Waals surface area contributed by atoms with Gasteiger partial charge in [0.2, 0.25) is 5.95 Å². The van der Waals surface area contributed by atoms with Crippen molar-refractivity contribution in [2.24, 2.45) is 5.10 Å². The fourth-order valence-electron chi connectivity index (χ4n) is 3.81. The first-order valence-electron chi connectivity index (χ1n) is 9.31. The van der Waals surface area contributed by atoms with Crippen LogP contribution in [0, 0.1) is 5.95 Å². The number of nitrogens with one attached hydrogen (secondary N) is 1. The number of amides is 1. The topological polar surface area (TPSA) is 64.2 Å². The highest BCUT2D eigenvalue weighted by Gasteiger charge is 2.20. The lowest BCUT2D eigenvalue weighted by Gasteiger charge is -2.15. The summed E-state index contributed by atoms with van der Waals surface area (Å²) in [6, 6.07) is 8.21. The zero-order chi connectivity index (χ0) is 18.8. The standard InChI is InChI=1S/C20H22FN5O/c1-2-26-20(21)14(12-23-26)11-22-24-19(27)13-25-17-9-5-3-7-15(17)16-8-4-6-10-18(16)25/h3,5,7,9,11-12H,2,4,6,8,10,13H2,1H3,(H,24,27). The van der Waals surface area contributed by atoms with Crippen molar-refractivity contribution < 1.29 is 9.18 Å². The van der Waals surface area contributed by atoms with E-state index in [1.165, 1.54) is 40.2 Å². The van der Waals surface area contributed by atoms with Gasteiger partial charge < -0.3 is 4.57 Å². The fraction of sp³-hybridized carbons (Fsp3) is 0.350. The number of halogens is 1. The first kappa shape index (κ1) is 17.5. The quantitative estimate of drug-likeness (QED) is 0.556. The lowest BCUT2D eigenvalue weighted by molar-refractivity contribution is -0.121. The van der Waals surface area contributed by atoms with Crippen molar-refractivity contribution in [2.45, 2.75) is 45.7 Å². The third-order valence-electron chi connectivity index (χ3n) is 5.08. The molecule has 1 amide bonds. The highest BCUT2D eigenvalue weighted by Crippen LogP contribution is 2.31. The highest BCUT2D eigenvalue weighted by molar-refractivity contribution is 5.88. The molecule has 0 radical (unpaired) electrons. The number of benzene rings is 1. The normalized spacial score (nSPS) is 14.0. The molecule has 0 unspecified atom stereocenters. The summed E-state index contributed by atoms with van der Waals surface area (Å²) in [6.45, 7) is 2.45. The van der Waals surface area contributed by atoms with E-state index >= 15 is 0 Å². The molecule has 0 atom stereocenters. The highest BCUT2D eigenvalue weighted by atomic mass is 19.1. The third-order valence-corrected chi connectivity index (χ3v) is 5.08. The third kappa shape index (κ3) is 3.25. The maximum Gasteiger partial charge on any atom is 0.259 e. The van der Waals surface area contributed by atoms with E-state index in [0.29, 0.717) is 6.54 Å². The van der Waals surface area contributed by atoms with Gasteiger partial charge in [0.1, 0.15) is 6.54 Å². The molecule has 1 aliphatic carbocycles. The average Bonchev–Trinajstić information content (AvgIpc) is 3.21. The second-order valence-corrected chi connectivity index (χ2v) is 6.74. The Morgan fingerprint density at radius 2 is 2.15 bits per heavy atom. The van der Waals surface area contributed by atoms with Crippen molar-refractivity contribution in [1.29, 1.82) is 0 Å². The summed E-state index contributed by atoms with van der Waals surface area (Å²) in [7, 11) is 0. The van der Waals surface area contributed by atoms with Crippen LogP contribution in [-0.4, -0.2) is 26.5 Å². The second kappa shape index (κ2) is 7.34. The van der Waals surface area contributed by atoms with Gasteiger partial charge in [-0.2, -0.15) is 14.6 Å². The van der Waals surface area contributed by atoms with Crippen molar-refractivity contribution in [3.63, 3.8) is 0 Å². The number of carbonyl (C=O) groups is 1. The number of hydrogen-bond acceptors (Lipinski definition) is 3. The first-order valence-corrected chi connectivity index (χ1v) is 9.31. The zero-order valence-corrected chi connectivity index (χ0v) is 15.3. The van der Waals surface area contributed by atoms with E-state index in [-0.39, 0.29) is 18.0 Å². The Labute approximate surface area is 156 Å². The Hall–Kier alpha value is -2.96. The number of fused-ring (bicyclic) bond motifs is 3. The van der Waals surface area contributed by atoms with E-state index in [2.05, 4.69) is 32.3 Å². The molecule has 4 rings (SSSR count). The summed E-state index contributed by atoms with van der Waals surface area (Å²) in [5.74, 6) is -0.690. The predicted octanol–water partition coefficient (Wildman–Crippen LogP) is 3.03. The summed E-state index contributed by atoms with van der Waals surface area (Å²) < 4.78 is 17.2. The molecule has 0 aliphatic heterocycles. The monoisotopic (exact) mass is 367 g/mol. The van der Waals surface area contributed by atoms with Gasteiger partial charge in [-0.15, -0.1) is 0 Å². The Morgan fingerprint density at radius 3 is 2.96 bits per heavy atom. The Bertz CT molecular complexity index is 1020. The minimum atomic E-state index is -0.457. The molecule has 2 aromatic heterocycles. The van der Waals surface area contributed by atoms with Crippen LogP contribution in [0.4, 0.5) is 4.39 Å². The van der Waals surface area contributed by atoms with Crippen molar-refractivity contribution in [3.05, 3.63) is 53.2 Å². The largest absolute Gasteiger partial charge is 0.335 e. The maximum absolute atomic E-state index is 13.9. The van der Waals surface area contributed by atoms with E-state index in [0.717, 1.165) is 24.8 Å². The molecule has 3 aromatic rings. The van der Waals surface area contributed by atoms with Crippen LogP contribution in [0.15, 0.2) is 35.6 Å². The van der Waals surface area contributed by atoms with E-state index in [9.17, 15) is 9.18 Å². The smallest absolute Gasteiger partial charge is 0.259 e. The maximum atomic E-state index is 13.9. The molecular weight excluding hydrogens is 345 g/mol. The molecule has 1 N–H and O–H groups in total. The fourth-order valence-corrected chi connectivity index (χ4v) is 3.81. The van der Waals surface area contributed by atoms with Crippen LogP contribution in [0.2, 0.25) is 0 Å². The van der Waals surface area contributed by atoms with Gasteiger partial charge >= 0.3 is 0 Å². The summed E-state index contributed by atoms with van der Waals surface area (Å²) in [4.78, 5) is 12.4. The summed E-state index contributed by atoms with van der Waals surface area (Å²) in [5.41, 5.74) is 6.44. The van der Waals surface area contributed by atoms with Gasteiger partial charge in [0.15, 0.2) is 0 Å². The van der Waals surface area contributed by atoms with Crippen molar-refractivity contribution >= 4 is 23.0 Å². The SMILES string of the molecule is CCn1ncc(C=NNC(=O)Cn2c3c(c4ccccc42)CCCC3)c1F. The molecule has 0 fully saturated rings. The molecule has 6 nitrogen and oxygen atoms in total. The number of hydrazone groups is 1. The average molecular weight is 367 g/mol. The van der Waals surface area contributed by atoms with Crippen LogP contribution in [0.3, 0.4) is 0 Å². The summed E-state index contributed by atoms with van der Waals surface area (Å²) >= 11 is 0. The van der Waals surface area contributed by atoms with Crippen molar-refractivity contribution in [3.8, 4) is 0 Å². The molecule has 7 heteroatoms. The number of rotatable bonds is 5. The summed E-state index contributed by atoms with van der Waals surface area (Å²) in [6.07, 6.45) is 7.06. The summed E-state index contributed by atoms with van der Waals surface area (Å²) in [5, 5.41) is 9.03. The lowest BCUT2D eigenvalue weighted by Crippen LogP contribution is -2.24. The number of carbonyl (C=O) groups excluding carboxylic acids is 1. The molecule has 27 heavy (non-hydrogen) atoms. The Balaban J connectivity index is 1.51. The molecule has 0 bridgehead atoms. The van der Waals surface area contributed by atoms with Crippen LogP contribution in [0.25, 0.3) is 10.9 Å². The number of aromatic nitrogens is 3. The minimum absolute atomic E-state index is 0.198. The van der Waals surface area contributed by atoms with Gasteiger partial charge in [-0.1, -0.05) is 18.2 Å². The molecule has 1 aromatic carbocycles. The van der Waals surface area contributed by atoms with Gasteiger partial charge in [0, 0.05) is 23.1 Å². The molecule has 1 aliphatic rings. The Kier molecular flexibility index (Phi) is 4.75. The van der Waals surface area contributed by atoms with Gasteiger partial charge in [-0.25, -0.2) is 10.1 Å². The first-order chi connectivity index (χ1) is 13.2. The zero-order valence-electron chi connectivity index (χ0n) is 15.3. The van der Waals surface area contributed by atoms with Crippen LogP contribution < -0.4 is 5.43 Å². The number of para-hydroxylation sites is 1. The molecular formula is C20H22FN5O. The van der Waals surface area contributed by atoms with Crippen LogP contribution >= 0.6 is 0 Å². The second-order valence-electron chi connectivity index (χ2n) is 6.74. The number of aryl methyl sites for hydroxylation is 2. The Morgan fingerprint density at radius 1 is 1.33 bits per heavy atom. The molecule has 0 spiro atoms. The molecule has 0 saturated carbocycles.